The molecule has 0 spiro atoms. The molecular weight excluding hydrogens is 708 g/mol. The molecule has 9 nitrogen and oxygen atoms in total. The Kier molecular flexibility index (Phi) is 11.0. The number of halogens is 1. The number of carbonyl (C=O) groups excluding carboxylic acids is 3. The van der Waals surface area contributed by atoms with Crippen molar-refractivity contribution in [1.82, 2.24) is 20.0 Å². The van der Waals surface area contributed by atoms with Crippen LogP contribution in [-0.2, 0) is 16.0 Å². The number of hydrogen-bond donors (Lipinski definition) is 2. The van der Waals surface area contributed by atoms with Gasteiger partial charge < -0.3 is 14.9 Å². The molecule has 2 amide bonds. The lowest BCUT2D eigenvalue weighted by Gasteiger charge is -2.62. The van der Waals surface area contributed by atoms with Gasteiger partial charge in [0.1, 0.15) is 11.6 Å². The summed E-state index contributed by atoms with van der Waals surface area (Å²) in [4.78, 5) is 55.0. The first-order chi connectivity index (χ1) is 27.0. The van der Waals surface area contributed by atoms with E-state index in [1.54, 1.807) is 29.2 Å². The fraction of sp³-hybridized carbons (Fsp3) is 0.630. The van der Waals surface area contributed by atoms with Gasteiger partial charge in [-0.15, -0.1) is 0 Å². The molecule has 1 aliphatic heterocycles. The van der Waals surface area contributed by atoms with E-state index in [9.17, 15) is 24.3 Å². The number of carbonyl (C=O) groups is 3. The number of aromatic amines is 1. The molecule has 1 saturated heterocycles. The second-order valence-electron chi connectivity index (χ2n) is 18.5. The number of rotatable bonds is 10. The SMILES string of the molecule is C[C@]12CCC(=O)C[C@@H]1CC(CCCCCCC(=O)N1CCN(C(=O)c3cc(Cc4n[nH]c(=O)c5ccccc45)ccc3F)CC1)[C@@H]1[C@@H]2CC[C@]2(C)[C@@H](O)CC[C@@H]12. The van der Waals surface area contributed by atoms with Crippen LogP contribution in [0.2, 0.25) is 0 Å². The molecule has 0 bridgehead atoms. The van der Waals surface area contributed by atoms with Gasteiger partial charge in [0.25, 0.3) is 11.5 Å². The molecular formula is C46H59FN4O5. The summed E-state index contributed by atoms with van der Waals surface area (Å²) in [5, 5.41) is 19.1. The van der Waals surface area contributed by atoms with Crippen LogP contribution < -0.4 is 5.56 Å². The van der Waals surface area contributed by atoms with Crippen molar-refractivity contribution in [2.75, 3.05) is 26.2 Å². The van der Waals surface area contributed by atoms with Gasteiger partial charge in [0, 0.05) is 57.2 Å². The first-order valence-corrected chi connectivity index (χ1v) is 21.5. The van der Waals surface area contributed by atoms with E-state index in [1.807, 2.05) is 17.0 Å². The number of aromatic nitrogens is 2. The zero-order valence-corrected chi connectivity index (χ0v) is 33.2. The molecule has 1 unspecified atom stereocenters. The van der Waals surface area contributed by atoms with Gasteiger partial charge in [-0.2, -0.15) is 5.10 Å². The number of piperazine rings is 1. The van der Waals surface area contributed by atoms with Crippen molar-refractivity contribution in [1.29, 1.82) is 0 Å². The average molecular weight is 767 g/mol. The minimum Gasteiger partial charge on any atom is -0.393 e. The number of H-pyrrole nitrogens is 1. The number of Topliss-reactive ketones (excluding diaryl/α,β-unsaturated/α-hetero) is 1. The van der Waals surface area contributed by atoms with Crippen molar-refractivity contribution in [3.05, 3.63) is 75.5 Å². The lowest BCUT2D eigenvalue weighted by molar-refractivity contribution is -0.156. The molecule has 2 heterocycles. The van der Waals surface area contributed by atoms with Gasteiger partial charge in [0.15, 0.2) is 0 Å². The maximum absolute atomic E-state index is 15.0. The first kappa shape index (κ1) is 38.9. The Morgan fingerprint density at radius 2 is 1.62 bits per heavy atom. The topological polar surface area (TPSA) is 124 Å². The fourth-order valence-electron chi connectivity index (χ4n) is 12.4. The number of unbranched alkanes of at least 4 members (excludes halogenated alkanes) is 3. The molecule has 4 aliphatic carbocycles. The second-order valence-corrected chi connectivity index (χ2v) is 18.5. The van der Waals surface area contributed by atoms with Crippen molar-refractivity contribution in [3.63, 3.8) is 0 Å². The summed E-state index contributed by atoms with van der Waals surface area (Å²) >= 11 is 0. The summed E-state index contributed by atoms with van der Waals surface area (Å²) in [6, 6.07) is 11.7. The van der Waals surface area contributed by atoms with Crippen LogP contribution in [0.4, 0.5) is 4.39 Å². The number of benzene rings is 2. The summed E-state index contributed by atoms with van der Waals surface area (Å²) in [7, 11) is 0. The summed E-state index contributed by atoms with van der Waals surface area (Å²) in [5.74, 6) is 2.59. The van der Waals surface area contributed by atoms with Crippen molar-refractivity contribution in [2.24, 2.45) is 40.4 Å². The summed E-state index contributed by atoms with van der Waals surface area (Å²) < 4.78 is 15.0. The summed E-state index contributed by atoms with van der Waals surface area (Å²) in [5.41, 5.74) is 1.37. The summed E-state index contributed by atoms with van der Waals surface area (Å²) in [6.45, 7) is 6.42. The van der Waals surface area contributed by atoms with Gasteiger partial charge in [-0.05, 0) is 109 Å². The Morgan fingerprint density at radius 3 is 2.43 bits per heavy atom. The molecule has 2 aromatic carbocycles. The van der Waals surface area contributed by atoms with Gasteiger partial charge in [0.05, 0.1) is 22.7 Å². The number of amides is 2. The third kappa shape index (κ3) is 7.24. The van der Waals surface area contributed by atoms with Crippen LogP contribution in [0.15, 0.2) is 47.3 Å². The Balaban J connectivity index is 0.802. The monoisotopic (exact) mass is 766 g/mol. The number of ketones is 1. The number of aliphatic hydroxyl groups excluding tert-OH is 1. The van der Waals surface area contributed by atoms with Gasteiger partial charge in [-0.25, -0.2) is 9.49 Å². The average Bonchev–Trinajstić information content (AvgIpc) is 3.51. The molecule has 0 radical (unpaired) electrons. The van der Waals surface area contributed by atoms with Crippen LogP contribution in [0.25, 0.3) is 10.8 Å². The Labute approximate surface area is 329 Å². The third-order valence-electron chi connectivity index (χ3n) is 15.7. The van der Waals surface area contributed by atoms with Crippen LogP contribution in [-0.4, -0.2) is 75.0 Å². The Morgan fingerprint density at radius 1 is 0.893 bits per heavy atom. The predicted molar refractivity (Wildman–Crippen MR) is 213 cm³/mol. The lowest BCUT2D eigenvalue weighted by atomic mass is 9.42. The Bertz CT molecular complexity index is 2030. The van der Waals surface area contributed by atoms with Crippen molar-refractivity contribution >= 4 is 28.4 Å². The molecule has 2 N–H and O–H groups in total. The lowest BCUT2D eigenvalue weighted by Crippen LogP contribution is -2.57. The molecule has 10 heteroatoms. The van der Waals surface area contributed by atoms with Gasteiger partial charge in [0.2, 0.25) is 5.91 Å². The highest BCUT2D eigenvalue weighted by Crippen LogP contribution is 2.67. The quantitative estimate of drug-likeness (QED) is 0.207. The van der Waals surface area contributed by atoms with Crippen molar-refractivity contribution < 1.29 is 23.9 Å². The van der Waals surface area contributed by atoms with E-state index in [2.05, 4.69) is 24.0 Å². The zero-order chi connectivity index (χ0) is 39.2. The number of fused-ring (bicyclic) bond motifs is 6. The smallest absolute Gasteiger partial charge is 0.272 e. The fourth-order valence-corrected chi connectivity index (χ4v) is 12.4. The standard InChI is InChI=1S/C46H59FN4O5/c1-45-19-17-32(52)28-31(45)27-30(42-36-14-16-40(53)46(36,2)20-18-37(42)45)9-5-3-4-6-12-41(54)50-21-23-51(24-22-50)44(56)35-25-29(13-15-38(35)47)26-39-33-10-7-8-11-34(33)43(55)49-48-39/h7-8,10-11,13,15,25,30-31,36-37,40,42,53H,3-6,9,12,14,16-24,26-28H2,1-2H3,(H,49,55)/t30?,31-,36-,37-,40-,42-,45-,46-/m0/s1. The van der Waals surface area contributed by atoms with Crippen LogP contribution in [0.3, 0.4) is 0 Å². The van der Waals surface area contributed by atoms with Crippen LogP contribution in [0, 0.1) is 46.2 Å². The zero-order valence-electron chi connectivity index (χ0n) is 33.2. The molecule has 4 saturated carbocycles. The molecule has 8 rings (SSSR count). The predicted octanol–water partition coefficient (Wildman–Crippen LogP) is 7.48. The number of nitrogens with zero attached hydrogens (tertiary/aromatic N) is 3. The van der Waals surface area contributed by atoms with Gasteiger partial charge in [-0.3, -0.25) is 19.2 Å². The number of nitrogens with one attached hydrogen (secondary N) is 1. The van der Waals surface area contributed by atoms with Gasteiger partial charge >= 0.3 is 0 Å². The van der Waals surface area contributed by atoms with E-state index >= 15 is 4.39 Å². The molecule has 300 valence electrons. The van der Waals surface area contributed by atoms with Crippen LogP contribution >= 0.6 is 0 Å². The first-order valence-electron chi connectivity index (χ1n) is 21.5. The highest BCUT2D eigenvalue weighted by molar-refractivity contribution is 5.95. The van der Waals surface area contributed by atoms with Crippen molar-refractivity contribution in [3.8, 4) is 0 Å². The van der Waals surface area contributed by atoms with E-state index < -0.39 is 5.82 Å². The minimum atomic E-state index is -0.586. The molecule has 1 aromatic heterocycles. The summed E-state index contributed by atoms with van der Waals surface area (Å²) in [6.07, 6.45) is 14.0. The highest BCUT2D eigenvalue weighted by atomic mass is 19.1. The van der Waals surface area contributed by atoms with E-state index in [1.165, 1.54) is 18.9 Å². The number of hydrogen-bond acceptors (Lipinski definition) is 6. The number of aliphatic hydroxyl groups is 1. The molecule has 5 aliphatic rings. The van der Waals surface area contributed by atoms with Crippen LogP contribution in [0.1, 0.15) is 125 Å². The highest BCUT2D eigenvalue weighted by Gasteiger charge is 2.62. The normalized spacial score (nSPS) is 31.5. The maximum Gasteiger partial charge on any atom is 0.272 e. The minimum absolute atomic E-state index is 0.000611. The van der Waals surface area contributed by atoms with E-state index in [-0.39, 0.29) is 39.9 Å². The maximum atomic E-state index is 15.0. The van der Waals surface area contributed by atoms with E-state index in [0.717, 1.165) is 76.0 Å². The Hall–Kier alpha value is -3.92. The molecule has 56 heavy (non-hydrogen) atoms. The van der Waals surface area contributed by atoms with E-state index in [4.69, 9.17) is 0 Å². The molecule has 8 atom stereocenters. The second kappa shape index (κ2) is 15.8. The molecule has 5 fully saturated rings. The third-order valence-corrected chi connectivity index (χ3v) is 15.7. The van der Waals surface area contributed by atoms with Gasteiger partial charge in [-0.1, -0.05) is 63.8 Å². The largest absolute Gasteiger partial charge is 0.393 e. The van der Waals surface area contributed by atoms with Crippen LogP contribution in [0.5, 0.6) is 0 Å². The molecule has 3 aromatic rings. The van der Waals surface area contributed by atoms with E-state index in [0.29, 0.717) is 91.0 Å². The van der Waals surface area contributed by atoms with Crippen molar-refractivity contribution in [2.45, 2.75) is 116 Å².